The Kier molecular flexibility index (Phi) is 6.08. The summed E-state index contributed by atoms with van der Waals surface area (Å²) in [6.45, 7) is 6.92. The average Bonchev–Trinajstić information content (AvgIpc) is 3.07. The van der Waals surface area contributed by atoms with Crippen LogP contribution in [0.1, 0.15) is 42.4 Å². The van der Waals surface area contributed by atoms with Gasteiger partial charge in [0.25, 0.3) is 0 Å². The van der Waals surface area contributed by atoms with Crippen molar-refractivity contribution in [3.05, 3.63) is 34.8 Å². The number of hydrogen-bond acceptors (Lipinski definition) is 6. The van der Waals surface area contributed by atoms with Crippen LogP contribution in [0.5, 0.6) is 5.75 Å². The summed E-state index contributed by atoms with van der Waals surface area (Å²) < 4.78 is 11.4. The van der Waals surface area contributed by atoms with E-state index in [1.165, 1.54) is 50.2 Å². The summed E-state index contributed by atoms with van der Waals surface area (Å²) in [7, 11) is 1.70. The number of hydrogen-bond donors (Lipinski definition) is 1. The van der Waals surface area contributed by atoms with E-state index in [0.717, 1.165) is 28.6 Å². The van der Waals surface area contributed by atoms with Gasteiger partial charge in [-0.25, -0.2) is 4.98 Å². The Morgan fingerprint density at radius 2 is 2.07 bits per heavy atom. The number of likely N-dealkylation sites (tertiary alicyclic amines) is 1. The van der Waals surface area contributed by atoms with Crippen LogP contribution >= 0.6 is 11.3 Å². The van der Waals surface area contributed by atoms with Gasteiger partial charge in [0.1, 0.15) is 23.1 Å². The van der Waals surface area contributed by atoms with Gasteiger partial charge in [0.2, 0.25) is 0 Å². The zero-order chi connectivity index (χ0) is 18.6. The maximum atomic E-state index is 5.89. The molecule has 2 atom stereocenters. The quantitative estimate of drug-likeness (QED) is 0.521. The summed E-state index contributed by atoms with van der Waals surface area (Å²) in [5.74, 6) is 0.863. The Hall–Kier alpha value is -1.47. The number of thiazole rings is 1. The molecule has 2 fully saturated rings. The second-order valence-corrected chi connectivity index (χ2v) is 8.39. The Bertz CT molecular complexity index is 758. The molecule has 0 bridgehead atoms. The lowest BCUT2D eigenvalue weighted by atomic mass is 10.2. The molecule has 2 aromatic rings. The molecular formula is C21H29N3O2S. The van der Waals surface area contributed by atoms with E-state index >= 15 is 0 Å². The SMILES string of the molecule is COc1ccccc1-c1nc(C)c(C2OC2NCCCCN2CCCC2)s1. The maximum Gasteiger partial charge on any atom is 0.140 e. The van der Waals surface area contributed by atoms with Crippen LogP contribution in [0.15, 0.2) is 24.3 Å². The standard InChI is InChI=1S/C21H29N3O2S/c1-15-19(27-21(23-15)16-9-3-4-10-17(16)25-2)18-20(26-18)22-11-5-6-12-24-13-7-8-14-24/h3-4,9-10,18,20,22H,5-8,11-14H2,1-2H3. The molecule has 5 nitrogen and oxygen atoms in total. The Morgan fingerprint density at radius 1 is 1.26 bits per heavy atom. The largest absolute Gasteiger partial charge is 0.496 e. The summed E-state index contributed by atoms with van der Waals surface area (Å²) in [6.07, 6.45) is 5.51. The molecule has 146 valence electrons. The number of ether oxygens (including phenoxy) is 2. The van der Waals surface area contributed by atoms with E-state index in [4.69, 9.17) is 14.5 Å². The van der Waals surface area contributed by atoms with Crippen LogP contribution < -0.4 is 10.1 Å². The predicted octanol–water partition coefficient (Wildman–Crippen LogP) is 3.99. The van der Waals surface area contributed by atoms with E-state index < -0.39 is 0 Å². The molecule has 0 radical (unpaired) electrons. The van der Waals surface area contributed by atoms with Gasteiger partial charge in [0.15, 0.2) is 0 Å². The first-order valence-corrected chi connectivity index (χ1v) is 10.8. The second-order valence-electron chi connectivity index (χ2n) is 7.36. The Labute approximate surface area is 165 Å². The smallest absolute Gasteiger partial charge is 0.140 e. The van der Waals surface area contributed by atoms with Crippen molar-refractivity contribution in [3.63, 3.8) is 0 Å². The number of aryl methyl sites for hydroxylation is 1. The minimum Gasteiger partial charge on any atom is -0.496 e. The molecule has 0 spiro atoms. The number of rotatable bonds is 9. The van der Waals surface area contributed by atoms with Crippen LogP contribution in [0.25, 0.3) is 10.6 Å². The maximum absolute atomic E-state index is 5.89. The third-order valence-electron chi connectivity index (χ3n) is 5.37. The summed E-state index contributed by atoms with van der Waals surface area (Å²) in [5.41, 5.74) is 2.11. The van der Waals surface area contributed by atoms with Crippen molar-refractivity contribution in [2.45, 2.75) is 44.9 Å². The number of epoxide rings is 1. The van der Waals surface area contributed by atoms with Gasteiger partial charge in [-0.15, -0.1) is 11.3 Å². The molecule has 2 aliphatic rings. The number of nitrogens with one attached hydrogen (secondary N) is 1. The van der Waals surface area contributed by atoms with Gasteiger partial charge in [-0.1, -0.05) is 12.1 Å². The molecule has 1 aromatic carbocycles. The molecule has 6 heteroatoms. The fourth-order valence-corrected chi connectivity index (χ4v) is 4.94. The molecule has 2 saturated heterocycles. The minimum atomic E-state index is 0.140. The first-order chi connectivity index (χ1) is 13.3. The van der Waals surface area contributed by atoms with Crippen LogP contribution in [0.3, 0.4) is 0 Å². The second kappa shape index (κ2) is 8.69. The molecule has 2 aliphatic heterocycles. The predicted molar refractivity (Wildman–Crippen MR) is 109 cm³/mol. The summed E-state index contributed by atoms with van der Waals surface area (Å²) in [4.78, 5) is 8.57. The normalized spacial score (nSPS) is 22.3. The van der Waals surface area contributed by atoms with Crippen molar-refractivity contribution in [2.75, 3.05) is 33.3 Å². The molecule has 1 N–H and O–H groups in total. The molecular weight excluding hydrogens is 358 g/mol. The lowest BCUT2D eigenvalue weighted by Crippen LogP contribution is -2.23. The Morgan fingerprint density at radius 3 is 2.89 bits per heavy atom. The minimum absolute atomic E-state index is 0.140. The summed E-state index contributed by atoms with van der Waals surface area (Å²) in [5, 5.41) is 4.54. The van der Waals surface area contributed by atoms with Crippen LogP contribution in [0, 0.1) is 6.92 Å². The van der Waals surface area contributed by atoms with E-state index in [1.54, 1.807) is 18.4 Å². The van der Waals surface area contributed by atoms with Gasteiger partial charge >= 0.3 is 0 Å². The molecule has 1 aromatic heterocycles. The van der Waals surface area contributed by atoms with Gasteiger partial charge < -0.3 is 14.4 Å². The molecule has 0 aliphatic carbocycles. The highest BCUT2D eigenvalue weighted by molar-refractivity contribution is 7.15. The molecule has 0 saturated carbocycles. The number of aromatic nitrogens is 1. The lowest BCUT2D eigenvalue weighted by molar-refractivity contribution is 0.320. The lowest BCUT2D eigenvalue weighted by Gasteiger charge is -2.13. The van der Waals surface area contributed by atoms with Crippen molar-refractivity contribution in [1.29, 1.82) is 0 Å². The number of methoxy groups -OCH3 is 1. The van der Waals surface area contributed by atoms with Gasteiger partial charge in [-0.2, -0.15) is 0 Å². The number of nitrogens with zero attached hydrogens (tertiary/aromatic N) is 2. The highest BCUT2D eigenvalue weighted by Gasteiger charge is 2.42. The molecule has 0 amide bonds. The van der Waals surface area contributed by atoms with Crippen molar-refractivity contribution >= 4 is 11.3 Å². The van der Waals surface area contributed by atoms with Crippen molar-refractivity contribution in [3.8, 4) is 16.3 Å². The summed E-state index contributed by atoms with van der Waals surface area (Å²) >= 11 is 1.71. The third kappa shape index (κ3) is 4.51. The first kappa shape index (κ1) is 18.9. The third-order valence-corrected chi connectivity index (χ3v) is 6.62. The van der Waals surface area contributed by atoms with E-state index in [-0.39, 0.29) is 12.3 Å². The van der Waals surface area contributed by atoms with Crippen molar-refractivity contribution in [1.82, 2.24) is 15.2 Å². The fraction of sp³-hybridized carbons (Fsp3) is 0.571. The molecule has 3 heterocycles. The van der Waals surface area contributed by atoms with E-state index in [0.29, 0.717) is 0 Å². The fourth-order valence-electron chi connectivity index (χ4n) is 3.79. The van der Waals surface area contributed by atoms with Crippen molar-refractivity contribution in [2.24, 2.45) is 0 Å². The van der Waals surface area contributed by atoms with Crippen LogP contribution in [-0.4, -0.2) is 49.4 Å². The van der Waals surface area contributed by atoms with Gasteiger partial charge in [-0.3, -0.25) is 5.32 Å². The van der Waals surface area contributed by atoms with Crippen LogP contribution in [0.4, 0.5) is 0 Å². The van der Waals surface area contributed by atoms with Gasteiger partial charge in [-0.05, 0) is 70.9 Å². The summed E-state index contributed by atoms with van der Waals surface area (Å²) in [6, 6.07) is 8.04. The number of benzene rings is 1. The van der Waals surface area contributed by atoms with E-state index in [2.05, 4.69) is 23.2 Å². The Balaban J connectivity index is 1.27. The highest BCUT2D eigenvalue weighted by atomic mass is 32.1. The van der Waals surface area contributed by atoms with E-state index in [9.17, 15) is 0 Å². The topological polar surface area (TPSA) is 49.9 Å². The van der Waals surface area contributed by atoms with Crippen LogP contribution in [-0.2, 0) is 4.74 Å². The van der Waals surface area contributed by atoms with E-state index in [1.807, 2.05) is 18.2 Å². The first-order valence-electron chi connectivity index (χ1n) is 9.98. The average molecular weight is 388 g/mol. The number of para-hydroxylation sites is 1. The molecule has 27 heavy (non-hydrogen) atoms. The highest BCUT2D eigenvalue weighted by Crippen LogP contribution is 2.44. The zero-order valence-electron chi connectivity index (χ0n) is 16.2. The molecule has 2 unspecified atom stereocenters. The number of unbranched alkanes of at least 4 members (excludes halogenated alkanes) is 1. The zero-order valence-corrected chi connectivity index (χ0v) is 17.1. The monoisotopic (exact) mass is 387 g/mol. The van der Waals surface area contributed by atoms with Crippen molar-refractivity contribution < 1.29 is 9.47 Å². The van der Waals surface area contributed by atoms with Gasteiger partial charge in [0.05, 0.1) is 23.2 Å². The van der Waals surface area contributed by atoms with Gasteiger partial charge in [0, 0.05) is 0 Å². The molecule has 4 rings (SSSR count). The van der Waals surface area contributed by atoms with Crippen LogP contribution in [0.2, 0.25) is 0 Å².